The Morgan fingerprint density at radius 3 is 2.82 bits per heavy atom. The molecule has 0 saturated carbocycles. The van der Waals surface area contributed by atoms with E-state index in [1.165, 1.54) is 10.5 Å². The van der Waals surface area contributed by atoms with Crippen LogP contribution in [-0.4, -0.2) is 13.7 Å². The quantitative estimate of drug-likeness (QED) is 0.703. The highest BCUT2D eigenvalue weighted by atomic mass is 32.1. The van der Waals surface area contributed by atoms with Gasteiger partial charge in [0.05, 0.1) is 7.11 Å². The van der Waals surface area contributed by atoms with Crippen LogP contribution in [0, 0.1) is 0 Å². The number of methoxy groups -OCH3 is 1. The van der Waals surface area contributed by atoms with Crippen molar-refractivity contribution < 1.29 is 4.74 Å². The molecule has 0 amide bonds. The van der Waals surface area contributed by atoms with E-state index in [9.17, 15) is 0 Å². The highest BCUT2D eigenvalue weighted by Crippen LogP contribution is 2.30. The summed E-state index contributed by atoms with van der Waals surface area (Å²) in [4.78, 5) is 1.34. The lowest BCUT2D eigenvalue weighted by Crippen LogP contribution is -2.21. The van der Waals surface area contributed by atoms with Gasteiger partial charge < -0.3 is 10.1 Å². The molecule has 1 N–H and O–H groups in total. The van der Waals surface area contributed by atoms with Gasteiger partial charge in [0.15, 0.2) is 0 Å². The molecule has 17 heavy (non-hydrogen) atoms. The summed E-state index contributed by atoms with van der Waals surface area (Å²) in [6.45, 7) is 9.50. The number of ether oxygens (including phenoxy) is 1. The zero-order valence-corrected chi connectivity index (χ0v) is 11.9. The van der Waals surface area contributed by atoms with E-state index in [4.69, 9.17) is 4.74 Å². The molecule has 0 bridgehead atoms. The Bertz CT molecular complexity index is 346. The SMILES string of the molecule is C=C(CC)CC(NCCC)c1cc(OC)cs1. The first kappa shape index (κ1) is 14.3. The van der Waals surface area contributed by atoms with Gasteiger partial charge >= 0.3 is 0 Å². The molecule has 1 aromatic heterocycles. The van der Waals surface area contributed by atoms with Crippen molar-refractivity contribution in [3.8, 4) is 5.75 Å². The maximum absolute atomic E-state index is 5.24. The molecule has 1 heterocycles. The summed E-state index contributed by atoms with van der Waals surface area (Å²) < 4.78 is 5.24. The van der Waals surface area contributed by atoms with Crippen LogP contribution in [0.3, 0.4) is 0 Å². The van der Waals surface area contributed by atoms with Crippen molar-refractivity contribution in [2.75, 3.05) is 13.7 Å². The van der Waals surface area contributed by atoms with Crippen molar-refractivity contribution in [1.82, 2.24) is 5.32 Å². The number of rotatable bonds is 8. The van der Waals surface area contributed by atoms with Gasteiger partial charge in [-0.1, -0.05) is 26.0 Å². The Kier molecular flexibility index (Phi) is 6.30. The standard InChI is InChI=1S/C14H23NOS/c1-5-7-15-13(8-11(3)6-2)14-9-12(16-4)10-17-14/h9-10,13,15H,3,5-8H2,1-2,4H3. The second kappa shape index (κ2) is 7.51. The van der Waals surface area contributed by atoms with E-state index >= 15 is 0 Å². The van der Waals surface area contributed by atoms with Gasteiger partial charge in [-0.05, 0) is 31.9 Å². The van der Waals surface area contributed by atoms with Gasteiger partial charge in [0.25, 0.3) is 0 Å². The molecule has 0 aliphatic carbocycles. The predicted octanol–water partition coefficient (Wildman–Crippen LogP) is 4.15. The number of nitrogens with one attached hydrogen (secondary N) is 1. The lowest BCUT2D eigenvalue weighted by atomic mass is 10.0. The molecule has 1 atom stereocenters. The van der Waals surface area contributed by atoms with E-state index in [-0.39, 0.29) is 0 Å². The minimum atomic E-state index is 0.385. The largest absolute Gasteiger partial charge is 0.496 e. The first-order valence-corrected chi connectivity index (χ1v) is 7.11. The molecule has 0 fully saturated rings. The molecule has 1 aromatic rings. The second-order valence-electron chi connectivity index (χ2n) is 4.20. The number of thiophene rings is 1. The van der Waals surface area contributed by atoms with Crippen molar-refractivity contribution in [3.05, 3.63) is 28.5 Å². The zero-order valence-electron chi connectivity index (χ0n) is 11.1. The summed E-state index contributed by atoms with van der Waals surface area (Å²) in [5, 5.41) is 5.64. The Balaban J connectivity index is 2.70. The average molecular weight is 253 g/mol. The van der Waals surface area contributed by atoms with Crippen LogP contribution >= 0.6 is 11.3 Å². The Morgan fingerprint density at radius 2 is 2.29 bits per heavy atom. The van der Waals surface area contributed by atoms with E-state index in [2.05, 4.69) is 37.2 Å². The first-order chi connectivity index (χ1) is 8.21. The third-order valence-corrected chi connectivity index (χ3v) is 3.83. The van der Waals surface area contributed by atoms with Gasteiger partial charge in [-0.3, -0.25) is 0 Å². The second-order valence-corrected chi connectivity index (χ2v) is 5.15. The Labute approximate surface area is 109 Å². The van der Waals surface area contributed by atoms with Gasteiger partial charge in [0, 0.05) is 16.3 Å². The minimum absolute atomic E-state index is 0.385. The van der Waals surface area contributed by atoms with Crippen molar-refractivity contribution in [3.63, 3.8) is 0 Å². The summed E-state index contributed by atoms with van der Waals surface area (Å²) in [6, 6.07) is 2.51. The molecule has 0 aliphatic heterocycles. The average Bonchev–Trinajstić information content (AvgIpc) is 2.82. The fourth-order valence-corrected chi connectivity index (χ4v) is 2.58. The molecule has 1 rings (SSSR count). The van der Waals surface area contributed by atoms with Gasteiger partial charge in [-0.25, -0.2) is 0 Å². The summed E-state index contributed by atoms with van der Waals surface area (Å²) in [5.41, 5.74) is 1.30. The topological polar surface area (TPSA) is 21.3 Å². The van der Waals surface area contributed by atoms with Crippen molar-refractivity contribution >= 4 is 11.3 Å². The number of hydrogen-bond donors (Lipinski definition) is 1. The Morgan fingerprint density at radius 1 is 1.53 bits per heavy atom. The molecule has 0 saturated heterocycles. The highest BCUT2D eigenvalue weighted by Gasteiger charge is 2.14. The normalized spacial score (nSPS) is 12.4. The van der Waals surface area contributed by atoms with Crippen LogP contribution in [0.4, 0.5) is 0 Å². The molecular formula is C14H23NOS. The molecule has 0 radical (unpaired) electrons. The van der Waals surface area contributed by atoms with Crippen molar-refractivity contribution in [2.45, 2.75) is 39.2 Å². The van der Waals surface area contributed by atoms with Crippen LogP contribution in [0.5, 0.6) is 5.75 Å². The van der Waals surface area contributed by atoms with E-state index < -0.39 is 0 Å². The van der Waals surface area contributed by atoms with Crippen LogP contribution in [-0.2, 0) is 0 Å². The fourth-order valence-electron chi connectivity index (χ4n) is 1.65. The minimum Gasteiger partial charge on any atom is -0.496 e. The summed E-state index contributed by atoms with van der Waals surface area (Å²) in [5.74, 6) is 0.954. The van der Waals surface area contributed by atoms with Crippen LogP contribution < -0.4 is 10.1 Å². The molecule has 3 heteroatoms. The third kappa shape index (κ3) is 4.52. The summed E-state index contributed by atoms with van der Waals surface area (Å²) in [7, 11) is 1.71. The smallest absolute Gasteiger partial charge is 0.129 e. The molecule has 0 spiro atoms. The van der Waals surface area contributed by atoms with Crippen molar-refractivity contribution in [1.29, 1.82) is 0 Å². The maximum Gasteiger partial charge on any atom is 0.129 e. The van der Waals surface area contributed by atoms with E-state index in [1.54, 1.807) is 18.4 Å². The van der Waals surface area contributed by atoms with Gasteiger partial charge in [-0.15, -0.1) is 11.3 Å². The zero-order chi connectivity index (χ0) is 12.7. The lowest BCUT2D eigenvalue weighted by molar-refractivity contribution is 0.415. The lowest BCUT2D eigenvalue weighted by Gasteiger charge is -2.17. The monoisotopic (exact) mass is 253 g/mol. The van der Waals surface area contributed by atoms with Crippen molar-refractivity contribution in [2.24, 2.45) is 0 Å². The van der Waals surface area contributed by atoms with Crippen LogP contribution in [0.15, 0.2) is 23.6 Å². The number of hydrogen-bond acceptors (Lipinski definition) is 3. The Hall–Kier alpha value is -0.800. The molecule has 2 nitrogen and oxygen atoms in total. The van der Waals surface area contributed by atoms with Crippen LogP contribution in [0.25, 0.3) is 0 Å². The van der Waals surface area contributed by atoms with E-state index in [0.29, 0.717) is 6.04 Å². The highest BCUT2D eigenvalue weighted by molar-refractivity contribution is 7.10. The molecular weight excluding hydrogens is 230 g/mol. The van der Waals surface area contributed by atoms with E-state index in [0.717, 1.165) is 31.6 Å². The molecule has 0 aliphatic rings. The summed E-state index contributed by atoms with van der Waals surface area (Å²) >= 11 is 1.76. The van der Waals surface area contributed by atoms with E-state index in [1.807, 2.05) is 0 Å². The molecule has 1 unspecified atom stereocenters. The van der Waals surface area contributed by atoms with Crippen LogP contribution in [0.1, 0.15) is 44.0 Å². The summed E-state index contributed by atoms with van der Waals surface area (Å²) in [6.07, 6.45) is 3.21. The predicted molar refractivity (Wildman–Crippen MR) is 76.0 cm³/mol. The maximum atomic E-state index is 5.24. The third-order valence-electron chi connectivity index (χ3n) is 2.81. The fraction of sp³-hybridized carbons (Fsp3) is 0.571. The molecule has 0 aromatic carbocycles. The first-order valence-electron chi connectivity index (χ1n) is 6.23. The van der Waals surface area contributed by atoms with Gasteiger partial charge in [0.2, 0.25) is 0 Å². The van der Waals surface area contributed by atoms with Gasteiger partial charge in [0.1, 0.15) is 5.75 Å². The van der Waals surface area contributed by atoms with Gasteiger partial charge in [-0.2, -0.15) is 0 Å². The molecule has 96 valence electrons. The van der Waals surface area contributed by atoms with Crippen LogP contribution in [0.2, 0.25) is 0 Å².